The molecule has 5 rings (SSSR count). The predicted octanol–water partition coefficient (Wildman–Crippen LogP) is 6.44. The summed E-state index contributed by atoms with van der Waals surface area (Å²) in [7, 11) is 0. The molecule has 1 aromatic carbocycles. The van der Waals surface area contributed by atoms with Crippen molar-refractivity contribution in [1.29, 1.82) is 0 Å². The molecule has 5 nitrogen and oxygen atoms in total. The van der Waals surface area contributed by atoms with E-state index in [4.69, 9.17) is 28.3 Å². The first-order chi connectivity index (χ1) is 17.4. The van der Waals surface area contributed by atoms with E-state index in [2.05, 4.69) is 20.8 Å². The van der Waals surface area contributed by atoms with E-state index < -0.39 is 12.1 Å². The Morgan fingerprint density at radius 1 is 1.00 bits per heavy atom. The monoisotopic (exact) mass is 554 g/mol. The van der Waals surface area contributed by atoms with Crippen LogP contribution in [0, 0.1) is 46.3 Å². The van der Waals surface area contributed by atoms with Crippen LogP contribution >= 0.6 is 23.2 Å². The second-order valence-corrected chi connectivity index (χ2v) is 13.7. The van der Waals surface area contributed by atoms with Gasteiger partial charge in [-0.2, -0.15) is 0 Å². The van der Waals surface area contributed by atoms with Crippen LogP contribution < -0.4 is 0 Å². The van der Waals surface area contributed by atoms with Gasteiger partial charge in [0.15, 0.2) is 0 Å². The summed E-state index contributed by atoms with van der Waals surface area (Å²) in [5.74, 6) is 0.997. The summed E-state index contributed by atoms with van der Waals surface area (Å²) in [6, 6.07) is 7.19. The molecule has 7 heteroatoms. The van der Waals surface area contributed by atoms with Crippen LogP contribution in [0.3, 0.4) is 0 Å². The second kappa shape index (κ2) is 11.3. The van der Waals surface area contributed by atoms with Crippen molar-refractivity contribution in [2.24, 2.45) is 46.3 Å². The number of aliphatic hydroxyl groups excluding tert-OH is 3. The fourth-order valence-corrected chi connectivity index (χ4v) is 9.39. The van der Waals surface area contributed by atoms with Crippen LogP contribution in [0.1, 0.15) is 78.6 Å². The molecule has 1 aromatic rings. The Labute approximate surface area is 231 Å². The van der Waals surface area contributed by atoms with Gasteiger partial charge in [0.25, 0.3) is 0 Å². The molecule has 0 aliphatic heterocycles. The lowest BCUT2D eigenvalue weighted by Gasteiger charge is -2.63. The predicted molar refractivity (Wildman–Crippen MR) is 146 cm³/mol. The minimum absolute atomic E-state index is 0.0957. The van der Waals surface area contributed by atoms with Crippen LogP contribution in [-0.4, -0.2) is 44.7 Å². The number of carbonyl (C=O) groups is 1. The molecule has 0 spiro atoms. The molecular formula is C30H44Cl2O5. The van der Waals surface area contributed by atoms with Gasteiger partial charge in [-0.1, -0.05) is 56.1 Å². The normalized spacial score (nSPS) is 43.5. The standard InChI is InChI=1S/C24H40O5.C6H4Cl2/c1-13(4-7-21(28)29)16-5-6-17-22-18(12-20(27)24(16,17)3)23(2)9-8-15(25)10-14(23)11-19(22)26;7-5-3-1-2-4-6(5)8/h13-20,22,25-27H,4-12H2,1-3H3,(H,28,29);1-4H/t13-,14+,15-,16-,17+,18+,19-,20+,22+,23+,24-;/m1./s1. The highest BCUT2D eigenvalue weighted by Crippen LogP contribution is 2.68. The molecule has 4 aliphatic carbocycles. The SMILES string of the molecule is C[C@H](CCC(=O)O)[C@H]1CC[C@H]2[C@@H]3[C@H](O)C[C@@H]4C[C@H](O)CC[C@]4(C)[C@H]3C[C@H](O)[C@]12C.Clc1ccccc1Cl. The van der Waals surface area contributed by atoms with E-state index in [1.807, 2.05) is 12.1 Å². The zero-order valence-electron chi connectivity index (χ0n) is 22.3. The van der Waals surface area contributed by atoms with Crippen LogP contribution in [0.4, 0.5) is 0 Å². The van der Waals surface area contributed by atoms with E-state index in [1.54, 1.807) is 12.1 Å². The van der Waals surface area contributed by atoms with Crippen molar-refractivity contribution in [3.63, 3.8) is 0 Å². The van der Waals surface area contributed by atoms with Gasteiger partial charge in [0.1, 0.15) is 0 Å². The van der Waals surface area contributed by atoms with Crippen LogP contribution in [-0.2, 0) is 4.79 Å². The lowest BCUT2D eigenvalue weighted by molar-refractivity contribution is -0.207. The van der Waals surface area contributed by atoms with E-state index in [0.29, 0.717) is 40.1 Å². The minimum atomic E-state index is -0.748. The number of carboxylic acids is 1. The van der Waals surface area contributed by atoms with Crippen molar-refractivity contribution in [3.8, 4) is 0 Å². The molecule has 11 atom stereocenters. The van der Waals surface area contributed by atoms with Crippen LogP contribution in [0.25, 0.3) is 0 Å². The number of hydrogen-bond acceptors (Lipinski definition) is 4. The summed E-state index contributed by atoms with van der Waals surface area (Å²) in [5, 5.41) is 43.2. The fourth-order valence-electron chi connectivity index (χ4n) is 9.12. The van der Waals surface area contributed by atoms with Gasteiger partial charge in [-0.25, -0.2) is 0 Å². The van der Waals surface area contributed by atoms with Gasteiger partial charge < -0.3 is 20.4 Å². The van der Waals surface area contributed by atoms with Crippen molar-refractivity contribution in [2.75, 3.05) is 0 Å². The van der Waals surface area contributed by atoms with E-state index in [0.717, 1.165) is 44.9 Å². The van der Waals surface area contributed by atoms with Gasteiger partial charge in [0.2, 0.25) is 0 Å². The Morgan fingerprint density at radius 3 is 2.24 bits per heavy atom. The summed E-state index contributed by atoms with van der Waals surface area (Å²) < 4.78 is 0. The first kappa shape index (κ1) is 29.1. The topological polar surface area (TPSA) is 98.0 Å². The number of rotatable bonds is 4. The molecule has 0 radical (unpaired) electrons. The molecule has 4 saturated carbocycles. The summed E-state index contributed by atoms with van der Waals surface area (Å²) in [6.07, 6.45) is 6.00. The van der Waals surface area contributed by atoms with E-state index in [1.165, 1.54) is 0 Å². The molecular weight excluding hydrogens is 511 g/mol. The van der Waals surface area contributed by atoms with Crippen LogP contribution in [0.15, 0.2) is 24.3 Å². The van der Waals surface area contributed by atoms with Gasteiger partial charge in [-0.15, -0.1) is 0 Å². The van der Waals surface area contributed by atoms with Crippen molar-refractivity contribution >= 4 is 29.2 Å². The van der Waals surface area contributed by atoms with Crippen LogP contribution in [0.2, 0.25) is 10.0 Å². The lowest BCUT2D eigenvalue weighted by atomic mass is 9.43. The summed E-state index contributed by atoms with van der Waals surface area (Å²) in [6.45, 7) is 6.72. The second-order valence-electron chi connectivity index (χ2n) is 12.8. The van der Waals surface area contributed by atoms with Crippen molar-refractivity contribution in [3.05, 3.63) is 34.3 Å². The van der Waals surface area contributed by atoms with Gasteiger partial charge in [-0.3, -0.25) is 4.79 Å². The summed E-state index contributed by atoms with van der Waals surface area (Å²) in [5.41, 5.74) is -0.143. The highest BCUT2D eigenvalue weighted by Gasteiger charge is 2.65. The molecule has 0 bridgehead atoms. The first-order valence-electron chi connectivity index (χ1n) is 14.1. The van der Waals surface area contributed by atoms with Gasteiger partial charge in [-0.05, 0) is 110 Å². The highest BCUT2D eigenvalue weighted by atomic mass is 35.5. The van der Waals surface area contributed by atoms with Crippen LogP contribution in [0.5, 0.6) is 0 Å². The Hall–Kier alpha value is -0.850. The number of hydrogen-bond donors (Lipinski definition) is 4. The molecule has 0 saturated heterocycles. The highest BCUT2D eigenvalue weighted by molar-refractivity contribution is 6.41. The Kier molecular flexibility index (Phi) is 8.92. The smallest absolute Gasteiger partial charge is 0.303 e. The maximum Gasteiger partial charge on any atom is 0.303 e. The van der Waals surface area contributed by atoms with Gasteiger partial charge in [0, 0.05) is 6.42 Å². The summed E-state index contributed by atoms with van der Waals surface area (Å²) >= 11 is 11.2. The number of halogens is 2. The lowest BCUT2D eigenvalue weighted by Crippen LogP contribution is -2.62. The molecule has 0 amide bonds. The quantitative estimate of drug-likeness (QED) is 0.343. The number of benzene rings is 1. The molecule has 37 heavy (non-hydrogen) atoms. The Morgan fingerprint density at radius 2 is 1.65 bits per heavy atom. The number of aliphatic carboxylic acids is 1. The summed E-state index contributed by atoms with van der Waals surface area (Å²) in [4.78, 5) is 11.1. The van der Waals surface area contributed by atoms with Gasteiger partial charge >= 0.3 is 5.97 Å². The number of carboxylic acid groups (broad SMARTS) is 1. The number of aliphatic hydroxyl groups is 3. The molecule has 208 valence electrons. The zero-order chi connectivity index (χ0) is 27.1. The minimum Gasteiger partial charge on any atom is -0.481 e. The number of fused-ring (bicyclic) bond motifs is 5. The average molecular weight is 556 g/mol. The molecule has 0 unspecified atom stereocenters. The third kappa shape index (κ3) is 5.45. The zero-order valence-corrected chi connectivity index (χ0v) is 23.8. The van der Waals surface area contributed by atoms with Crippen molar-refractivity contribution in [1.82, 2.24) is 0 Å². The van der Waals surface area contributed by atoms with Gasteiger partial charge in [0.05, 0.1) is 28.4 Å². The fraction of sp³-hybridized carbons (Fsp3) is 0.767. The molecule has 4 aliphatic rings. The van der Waals surface area contributed by atoms with E-state index in [9.17, 15) is 20.1 Å². The molecule has 4 N–H and O–H groups in total. The van der Waals surface area contributed by atoms with Crippen molar-refractivity contribution in [2.45, 2.75) is 96.9 Å². The molecule has 0 aromatic heterocycles. The van der Waals surface area contributed by atoms with E-state index in [-0.39, 0.29) is 41.3 Å². The third-order valence-electron chi connectivity index (χ3n) is 11.2. The maximum absolute atomic E-state index is 11.5. The first-order valence-corrected chi connectivity index (χ1v) is 14.8. The molecule has 0 heterocycles. The Balaban J connectivity index is 0.000000342. The average Bonchev–Trinajstić information content (AvgIpc) is 3.20. The largest absolute Gasteiger partial charge is 0.481 e. The van der Waals surface area contributed by atoms with E-state index >= 15 is 0 Å². The van der Waals surface area contributed by atoms with Crippen molar-refractivity contribution < 1.29 is 25.2 Å². The Bertz CT molecular complexity index is 937. The third-order valence-corrected chi connectivity index (χ3v) is 11.9. The molecule has 4 fully saturated rings. The maximum atomic E-state index is 11.5.